The molecule has 0 aliphatic carbocycles. The second kappa shape index (κ2) is 11.3. The summed E-state index contributed by atoms with van der Waals surface area (Å²) in [6.45, 7) is 8.53. The topological polar surface area (TPSA) is 104 Å². The van der Waals surface area contributed by atoms with Crippen LogP contribution in [0.15, 0.2) is 36.4 Å². The fourth-order valence-corrected chi connectivity index (χ4v) is 6.51. The van der Waals surface area contributed by atoms with Gasteiger partial charge in [-0.25, -0.2) is 13.9 Å². The van der Waals surface area contributed by atoms with E-state index in [1.165, 1.54) is 23.5 Å². The van der Waals surface area contributed by atoms with Crippen LogP contribution in [0.5, 0.6) is 0 Å². The number of aryl methyl sites for hydroxylation is 2. The van der Waals surface area contributed by atoms with Gasteiger partial charge in [0.05, 0.1) is 29.5 Å². The van der Waals surface area contributed by atoms with E-state index < -0.39 is 0 Å². The zero-order valence-electron chi connectivity index (χ0n) is 23.9. The Kier molecular flexibility index (Phi) is 7.57. The van der Waals surface area contributed by atoms with Gasteiger partial charge >= 0.3 is 0 Å². The van der Waals surface area contributed by atoms with Gasteiger partial charge in [0.15, 0.2) is 5.13 Å². The standard InChI is InChI=1S/C30H33FN8O2S/c1-4-24-29(35(3)30-33-28(26(15-32)42-30)20-5-7-21(31)8-6-20)25-14-22(13-19(2)39(25)34-24)37-11-9-36(10-12-37)18-27(41)38-16-23(40)17-38/h5-8,13-14,23,40H,4,9-12,16-18H2,1-3H3. The number of carbonyl (C=O) groups excluding carboxylic acids is 1. The third kappa shape index (κ3) is 5.19. The number of pyridine rings is 1. The average Bonchev–Trinajstić information content (AvgIpc) is 3.58. The van der Waals surface area contributed by atoms with Crippen molar-refractivity contribution in [1.82, 2.24) is 24.4 Å². The van der Waals surface area contributed by atoms with E-state index in [0.29, 0.717) is 40.9 Å². The van der Waals surface area contributed by atoms with Crippen LogP contribution in [-0.4, -0.2) is 94.4 Å². The Morgan fingerprint density at radius 2 is 1.90 bits per heavy atom. The van der Waals surface area contributed by atoms with Crippen molar-refractivity contribution in [1.29, 1.82) is 5.26 Å². The predicted octanol–water partition coefficient (Wildman–Crippen LogP) is 3.43. The maximum atomic E-state index is 13.5. The first-order chi connectivity index (χ1) is 20.2. The minimum Gasteiger partial charge on any atom is -0.389 e. The molecule has 42 heavy (non-hydrogen) atoms. The van der Waals surface area contributed by atoms with Crippen molar-refractivity contribution in [2.24, 2.45) is 0 Å². The van der Waals surface area contributed by atoms with Crippen molar-refractivity contribution >= 4 is 39.3 Å². The molecule has 3 aromatic heterocycles. The van der Waals surface area contributed by atoms with E-state index >= 15 is 0 Å². The molecule has 2 aliphatic rings. The number of fused-ring (bicyclic) bond motifs is 1. The Labute approximate surface area is 247 Å². The molecule has 1 aromatic carbocycles. The molecule has 0 spiro atoms. The van der Waals surface area contributed by atoms with Crippen molar-refractivity contribution in [2.45, 2.75) is 26.4 Å². The number of aromatic nitrogens is 3. The van der Waals surface area contributed by atoms with Crippen LogP contribution in [0.1, 0.15) is 23.2 Å². The Hall–Kier alpha value is -4.05. The van der Waals surface area contributed by atoms with E-state index in [4.69, 9.17) is 10.1 Å². The highest BCUT2D eigenvalue weighted by Crippen LogP contribution is 2.39. The Morgan fingerprint density at radius 1 is 1.19 bits per heavy atom. The highest BCUT2D eigenvalue weighted by Gasteiger charge is 2.30. The van der Waals surface area contributed by atoms with Crippen molar-refractivity contribution < 1.29 is 14.3 Å². The van der Waals surface area contributed by atoms with Crippen LogP contribution < -0.4 is 9.80 Å². The molecule has 10 nitrogen and oxygen atoms in total. The maximum absolute atomic E-state index is 13.5. The zero-order chi connectivity index (χ0) is 29.5. The number of carbonyl (C=O) groups is 1. The lowest BCUT2D eigenvalue weighted by atomic mass is 10.1. The van der Waals surface area contributed by atoms with Crippen LogP contribution in [0.3, 0.4) is 0 Å². The average molecular weight is 589 g/mol. The summed E-state index contributed by atoms with van der Waals surface area (Å²) in [7, 11) is 1.94. The lowest BCUT2D eigenvalue weighted by Gasteiger charge is -2.39. The summed E-state index contributed by atoms with van der Waals surface area (Å²) in [6.07, 6.45) is 0.337. The molecule has 6 rings (SSSR count). The van der Waals surface area contributed by atoms with E-state index in [9.17, 15) is 19.6 Å². The van der Waals surface area contributed by atoms with Crippen LogP contribution in [0.4, 0.5) is 20.9 Å². The van der Waals surface area contributed by atoms with Crippen molar-refractivity contribution in [3.05, 3.63) is 58.5 Å². The van der Waals surface area contributed by atoms with E-state index in [1.54, 1.807) is 17.0 Å². The largest absolute Gasteiger partial charge is 0.389 e. The molecule has 12 heteroatoms. The highest BCUT2D eigenvalue weighted by atomic mass is 32.1. The number of halogens is 1. The van der Waals surface area contributed by atoms with Crippen LogP contribution in [0.25, 0.3) is 16.8 Å². The molecule has 0 bridgehead atoms. The van der Waals surface area contributed by atoms with E-state index in [-0.39, 0.29) is 17.8 Å². The number of nitrogens with zero attached hydrogens (tertiary/aromatic N) is 8. The minimum atomic E-state index is -0.384. The molecular formula is C30H33FN8O2S. The first-order valence-corrected chi connectivity index (χ1v) is 14.9. The summed E-state index contributed by atoms with van der Waals surface area (Å²) in [6, 6.07) is 12.6. The van der Waals surface area contributed by atoms with Crippen LogP contribution in [0.2, 0.25) is 0 Å². The number of hydrogen-bond donors (Lipinski definition) is 1. The van der Waals surface area contributed by atoms with Crippen molar-refractivity contribution in [3.8, 4) is 17.3 Å². The van der Waals surface area contributed by atoms with Gasteiger partial charge in [-0.3, -0.25) is 9.69 Å². The van der Waals surface area contributed by atoms with E-state index in [0.717, 1.165) is 60.9 Å². The molecule has 0 saturated carbocycles. The molecule has 2 aliphatic heterocycles. The number of aliphatic hydroxyl groups is 1. The second-order valence-corrected chi connectivity index (χ2v) is 11.8. The van der Waals surface area contributed by atoms with Crippen LogP contribution in [-0.2, 0) is 11.2 Å². The first-order valence-electron chi connectivity index (χ1n) is 14.1. The molecule has 1 N–H and O–H groups in total. The number of benzene rings is 1. The third-order valence-corrected chi connectivity index (χ3v) is 9.08. The summed E-state index contributed by atoms with van der Waals surface area (Å²) in [4.78, 5) is 26.0. The van der Waals surface area contributed by atoms with Gasteiger partial charge in [-0.05, 0) is 49.7 Å². The number of piperazine rings is 1. The second-order valence-electron chi connectivity index (χ2n) is 10.9. The third-order valence-electron chi connectivity index (χ3n) is 8.04. The minimum absolute atomic E-state index is 0.0781. The Bertz CT molecular complexity index is 1660. The van der Waals surface area contributed by atoms with Gasteiger partial charge in [0.1, 0.15) is 22.5 Å². The summed E-state index contributed by atoms with van der Waals surface area (Å²) < 4.78 is 15.5. The SMILES string of the molecule is CCc1nn2c(C)cc(N3CCN(CC(=O)N4CC(O)C4)CC3)cc2c1N(C)c1nc(-c2ccc(F)cc2)c(C#N)s1. The lowest BCUT2D eigenvalue weighted by molar-refractivity contribution is -0.142. The number of anilines is 3. The van der Waals surface area contributed by atoms with Gasteiger partial charge in [0.2, 0.25) is 5.91 Å². The molecule has 5 heterocycles. The molecule has 0 atom stereocenters. The maximum Gasteiger partial charge on any atom is 0.236 e. The summed E-state index contributed by atoms with van der Waals surface area (Å²) in [5.74, 6) is -0.258. The fraction of sp³-hybridized carbons (Fsp3) is 0.400. The molecule has 0 unspecified atom stereocenters. The van der Waals surface area contributed by atoms with Gasteiger partial charge in [0, 0.05) is 63.3 Å². The van der Waals surface area contributed by atoms with Crippen molar-refractivity contribution in [2.75, 3.05) is 62.7 Å². The normalized spacial score (nSPS) is 16.1. The Morgan fingerprint density at radius 3 is 2.55 bits per heavy atom. The highest BCUT2D eigenvalue weighted by molar-refractivity contribution is 7.16. The molecular weight excluding hydrogens is 555 g/mol. The predicted molar refractivity (Wildman–Crippen MR) is 161 cm³/mol. The number of amides is 1. The molecule has 4 aromatic rings. The number of rotatable bonds is 7. The Balaban J connectivity index is 1.27. The van der Waals surface area contributed by atoms with Gasteiger partial charge in [-0.1, -0.05) is 18.3 Å². The number of likely N-dealkylation sites (tertiary alicyclic amines) is 1. The number of nitriles is 1. The zero-order valence-corrected chi connectivity index (χ0v) is 24.7. The van der Waals surface area contributed by atoms with Gasteiger partial charge in [-0.15, -0.1) is 0 Å². The quantitative estimate of drug-likeness (QED) is 0.350. The molecule has 2 fully saturated rings. The number of β-amino-alcohol motifs (C(OH)–C–C–N with tert-alkyl or cyclic N) is 1. The smallest absolute Gasteiger partial charge is 0.236 e. The lowest BCUT2D eigenvalue weighted by Crippen LogP contribution is -2.57. The fourth-order valence-electron chi connectivity index (χ4n) is 5.65. The molecule has 2 saturated heterocycles. The van der Waals surface area contributed by atoms with Crippen LogP contribution in [0, 0.1) is 24.1 Å². The van der Waals surface area contributed by atoms with Gasteiger partial charge in [0.25, 0.3) is 0 Å². The number of aliphatic hydroxyl groups excluding tert-OH is 1. The molecule has 218 valence electrons. The van der Waals surface area contributed by atoms with Gasteiger partial charge in [-0.2, -0.15) is 10.4 Å². The number of hydrogen-bond acceptors (Lipinski definition) is 9. The van der Waals surface area contributed by atoms with Crippen LogP contribution >= 0.6 is 11.3 Å². The number of thiazole rings is 1. The summed E-state index contributed by atoms with van der Waals surface area (Å²) in [5.41, 5.74) is 6.16. The van der Waals surface area contributed by atoms with Gasteiger partial charge < -0.3 is 19.8 Å². The summed E-state index contributed by atoms with van der Waals surface area (Å²) >= 11 is 1.30. The molecule has 1 amide bonds. The first kappa shape index (κ1) is 28.1. The van der Waals surface area contributed by atoms with Crippen molar-refractivity contribution in [3.63, 3.8) is 0 Å². The monoisotopic (exact) mass is 588 g/mol. The molecule has 0 radical (unpaired) electrons. The van der Waals surface area contributed by atoms with E-state index in [1.807, 2.05) is 23.4 Å². The van der Waals surface area contributed by atoms with E-state index in [2.05, 4.69) is 34.9 Å². The summed E-state index contributed by atoms with van der Waals surface area (Å²) in [5, 5.41) is 24.9.